The zero-order valence-corrected chi connectivity index (χ0v) is 10.2. The Morgan fingerprint density at radius 3 is 2.21 bits per heavy atom. The maximum Gasteiger partial charge on any atom is 0.267 e. The van der Waals surface area contributed by atoms with E-state index in [4.69, 9.17) is 9.92 Å². The van der Waals surface area contributed by atoms with Crippen molar-refractivity contribution in [3.63, 3.8) is 0 Å². The van der Waals surface area contributed by atoms with Gasteiger partial charge in [0.05, 0.1) is 12.4 Å². The fraction of sp³-hybridized carbons (Fsp3) is 1.00. The van der Waals surface area contributed by atoms with Crippen LogP contribution < -0.4 is 5.73 Å². The molecule has 0 amide bonds. The smallest absolute Gasteiger partial charge is 0.267 e. The lowest BCUT2D eigenvalue weighted by Crippen LogP contribution is -2.24. The number of hydrogen-bond acceptors (Lipinski definition) is 4. The maximum absolute atomic E-state index is 11.3. The second-order valence-corrected chi connectivity index (χ2v) is 6.61. The van der Waals surface area contributed by atoms with Crippen LogP contribution >= 0.6 is 0 Å². The quantitative estimate of drug-likeness (QED) is 0.709. The molecule has 0 aromatic carbocycles. The molecule has 0 aliphatic carbocycles. The van der Waals surface area contributed by atoms with Crippen LogP contribution in [0.3, 0.4) is 0 Å². The molecular formula is C9H21NO3S. The summed E-state index contributed by atoms with van der Waals surface area (Å²) in [7, 11) is -3.39. The highest BCUT2D eigenvalue weighted by Gasteiger charge is 2.18. The van der Waals surface area contributed by atoms with Gasteiger partial charge < -0.3 is 5.73 Å². The molecule has 86 valence electrons. The van der Waals surface area contributed by atoms with E-state index in [0.29, 0.717) is 6.42 Å². The molecule has 0 aromatic heterocycles. The van der Waals surface area contributed by atoms with Crippen molar-refractivity contribution in [3.05, 3.63) is 0 Å². The highest BCUT2D eigenvalue weighted by atomic mass is 32.2. The van der Waals surface area contributed by atoms with Crippen LogP contribution in [0.2, 0.25) is 0 Å². The normalized spacial score (nSPS) is 15.5. The summed E-state index contributed by atoms with van der Waals surface area (Å²) in [6.45, 7) is 7.77. The molecule has 0 fully saturated rings. The minimum absolute atomic E-state index is 0.000741. The highest BCUT2D eigenvalue weighted by molar-refractivity contribution is 7.86. The Morgan fingerprint density at radius 2 is 1.86 bits per heavy atom. The standard InChI is InChI=1S/C9H21NO3S/c1-8(10)5-6-14(11,12)13-7-9(2,3)4/h8H,5-7,10H2,1-4H3. The molecule has 1 unspecified atom stereocenters. The molecule has 2 N–H and O–H groups in total. The largest absolute Gasteiger partial charge is 0.328 e. The molecule has 0 aliphatic heterocycles. The molecule has 0 rings (SSSR count). The van der Waals surface area contributed by atoms with Gasteiger partial charge in [0, 0.05) is 6.04 Å². The first kappa shape index (κ1) is 13.9. The van der Waals surface area contributed by atoms with Gasteiger partial charge >= 0.3 is 0 Å². The summed E-state index contributed by atoms with van der Waals surface area (Å²) in [5, 5.41) is 0. The molecule has 1 atom stereocenters. The van der Waals surface area contributed by atoms with Gasteiger partial charge in [-0.1, -0.05) is 20.8 Å². The van der Waals surface area contributed by atoms with Gasteiger partial charge in [0.25, 0.3) is 10.1 Å². The van der Waals surface area contributed by atoms with Crippen molar-refractivity contribution in [1.29, 1.82) is 0 Å². The van der Waals surface area contributed by atoms with Crippen molar-refractivity contribution in [1.82, 2.24) is 0 Å². The first-order valence-electron chi connectivity index (χ1n) is 4.75. The Labute approximate surface area is 86.9 Å². The fourth-order valence-electron chi connectivity index (χ4n) is 0.656. The van der Waals surface area contributed by atoms with Gasteiger partial charge in [-0.2, -0.15) is 8.42 Å². The third kappa shape index (κ3) is 8.47. The van der Waals surface area contributed by atoms with Gasteiger partial charge in [0.1, 0.15) is 0 Å². The van der Waals surface area contributed by atoms with Crippen LogP contribution in [0.4, 0.5) is 0 Å². The van der Waals surface area contributed by atoms with Crippen molar-refractivity contribution >= 4 is 10.1 Å². The van der Waals surface area contributed by atoms with E-state index in [1.807, 2.05) is 20.8 Å². The molecule has 0 heterocycles. The van der Waals surface area contributed by atoms with Gasteiger partial charge in [0.15, 0.2) is 0 Å². The van der Waals surface area contributed by atoms with Crippen molar-refractivity contribution in [3.8, 4) is 0 Å². The molecule has 0 bridgehead atoms. The predicted molar refractivity (Wildman–Crippen MR) is 57.5 cm³/mol. The minimum Gasteiger partial charge on any atom is -0.328 e. The van der Waals surface area contributed by atoms with Crippen LogP contribution in [0.15, 0.2) is 0 Å². The Morgan fingerprint density at radius 1 is 1.36 bits per heavy atom. The monoisotopic (exact) mass is 223 g/mol. The second-order valence-electron chi connectivity index (χ2n) is 4.85. The third-order valence-electron chi connectivity index (χ3n) is 1.49. The lowest BCUT2D eigenvalue weighted by Gasteiger charge is -2.17. The lowest BCUT2D eigenvalue weighted by molar-refractivity contribution is 0.203. The van der Waals surface area contributed by atoms with E-state index in [2.05, 4.69) is 0 Å². The molecular weight excluding hydrogens is 202 g/mol. The van der Waals surface area contributed by atoms with E-state index in [1.165, 1.54) is 0 Å². The van der Waals surface area contributed by atoms with Crippen LogP contribution in [0.25, 0.3) is 0 Å². The van der Waals surface area contributed by atoms with Gasteiger partial charge in [-0.3, -0.25) is 4.18 Å². The lowest BCUT2D eigenvalue weighted by atomic mass is 9.99. The predicted octanol–water partition coefficient (Wildman–Crippen LogP) is 1.12. The van der Waals surface area contributed by atoms with E-state index in [1.54, 1.807) is 6.92 Å². The molecule has 0 aliphatic rings. The summed E-state index contributed by atoms with van der Waals surface area (Å²) in [5.41, 5.74) is 5.32. The van der Waals surface area contributed by atoms with Gasteiger partial charge in [-0.05, 0) is 18.8 Å². The molecule has 0 aromatic rings. The first-order valence-corrected chi connectivity index (χ1v) is 6.33. The van der Waals surface area contributed by atoms with Gasteiger partial charge in [0.2, 0.25) is 0 Å². The van der Waals surface area contributed by atoms with Crippen molar-refractivity contribution in [2.24, 2.45) is 11.1 Å². The summed E-state index contributed by atoms with van der Waals surface area (Å²) >= 11 is 0. The summed E-state index contributed by atoms with van der Waals surface area (Å²) < 4.78 is 27.5. The first-order chi connectivity index (χ1) is 6.12. The molecule has 0 saturated heterocycles. The zero-order chi connectivity index (χ0) is 11.4. The SMILES string of the molecule is CC(N)CCS(=O)(=O)OCC(C)(C)C. The van der Waals surface area contributed by atoms with Crippen molar-refractivity contribution < 1.29 is 12.6 Å². The Hall–Kier alpha value is -0.130. The second kappa shape index (κ2) is 5.09. The van der Waals surface area contributed by atoms with E-state index in [-0.39, 0.29) is 23.8 Å². The Balaban J connectivity index is 3.97. The van der Waals surface area contributed by atoms with Crippen molar-refractivity contribution in [2.75, 3.05) is 12.4 Å². The number of rotatable bonds is 5. The maximum atomic E-state index is 11.3. The van der Waals surface area contributed by atoms with Crippen molar-refractivity contribution in [2.45, 2.75) is 40.2 Å². The van der Waals surface area contributed by atoms with E-state index in [9.17, 15) is 8.42 Å². The summed E-state index contributed by atoms with van der Waals surface area (Å²) in [6.07, 6.45) is 0.437. The molecule has 0 radical (unpaired) electrons. The average Bonchev–Trinajstić information content (AvgIpc) is 1.97. The zero-order valence-electron chi connectivity index (χ0n) is 9.41. The summed E-state index contributed by atoms with van der Waals surface area (Å²) in [4.78, 5) is 0. The fourth-order valence-corrected chi connectivity index (χ4v) is 1.97. The van der Waals surface area contributed by atoms with Crippen LogP contribution in [0, 0.1) is 5.41 Å². The van der Waals surface area contributed by atoms with Crippen LogP contribution in [-0.4, -0.2) is 26.8 Å². The summed E-state index contributed by atoms with van der Waals surface area (Å²) in [5.74, 6) is 0.000741. The molecule has 0 saturated carbocycles. The van der Waals surface area contributed by atoms with Crippen LogP contribution in [0.5, 0.6) is 0 Å². The van der Waals surface area contributed by atoms with Gasteiger partial charge in [-0.15, -0.1) is 0 Å². The van der Waals surface area contributed by atoms with Gasteiger partial charge in [-0.25, -0.2) is 0 Å². The highest BCUT2D eigenvalue weighted by Crippen LogP contribution is 2.14. The third-order valence-corrected chi connectivity index (χ3v) is 2.71. The Kier molecular flexibility index (Phi) is 5.05. The summed E-state index contributed by atoms with van der Waals surface area (Å²) in [6, 6.07) is -0.108. The van der Waals surface area contributed by atoms with E-state index in [0.717, 1.165) is 0 Å². The Bertz CT molecular complexity index is 252. The number of hydrogen-bond donors (Lipinski definition) is 1. The molecule has 0 spiro atoms. The molecule has 5 heteroatoms. The average molecular weight is 223 g/mol. The topological polar surface area (TPSA) is 69.4 Å². The molecule has 14 heavy (non-hydrogen) atoms. The van der Waals surface area contributed by atoms with Crippen LogP contribution in [0.1, 0.15) is 34.1 Å². The van der Waals surface area contributed by atoms with E-state index < -0.39 is 10.1 Å². The van der Waals surface area contributed by atoms with E-state index >= 15 is 0 Å². The number of nitrogens with two attached hydrogens (primary N) is 1. The molecule has 4 nitrogen and oxygen atoms in total. The minimum atomic E-state index is -3.39. The van der Waals surface area contributed by atoms with Crippen LogP contribution in [-0.2, 0) is 14.3 Å².